The Morgan fingerprint density at radius 3 is 2.52 bits per heavy atom. The summed E-state index contributed by atoms with van der Waals surface area (Å²) in [6.45, 7) is 0. The predicted octanol–water partition coefficient (Wildman–Crippen LogP) is 3.67. The molecular weight excluding hydrogens is 288 g/mol. The fourth-order valence-electron chi connectivity index (χ4n) is 1.90. The number of hydrogen-bond donors (Lipinski definition) is 4. The molecule has 6 heteroatoms. The van der Waals surface area contributed by atoms with Crippen molar-refractivity contribution in [1.82, 2.24) is 4.98 Å². The molecule has 0 amide bonds. The first-order valence-electron chi connectivity index (χ1n) is 6.16. The van der Waals surface area contributed by atoms with Crippen LogP contribution in [0.15, 0.2) is 47.8 Å². The zero-order valence-electron chi connectivity index (χ0n) is 10.8. The molecule has 21 heavy (non-hydrogen) atoms. The highest BCUT2D eigenvalue weighted by molar-refractivity contribution is 7.14. The lowest BCUT2D eigenvalue weighted by Gasteiger charge is -2.03. The Morgan fingerprint density at radius 1 is 0.952 bits per heavy atom. The molecule has 4 N–H and O–H groups in total. The molecule has 0 unspecified atom stereocenters. The second-order valence-electron chi connectivity index (χ2n) is 4.41. The van der Waals surface area contributed by atoms with Crippen molar-refractivity contribution in [3.8, 4) is 28.5 Å². The Balaban J connectivity index is 1.86. The number of phenols is 3. The van der Waals surface area contributed by atoms with Crippen molar-refractivity contribution >= 4 is 22.2 Å². The number of hydrogen-bond acceptors (Lipinski definition) is 6. The molecule has 0 radical (unpaired) electrons. The molecule has 3 aromatic rings. The van der Waals surface area contributed by atoms with Crippen LogP contribution in [0.2, 0.25) is 0 Å². The number of aromatic hydroxyl groups is 3. The van der Waals surface area contributed by atoms with Gasteiger partial charge in [0.15, 0.2) is 5.13 Å². The van der Waals surface area contributed by atoms with Crippen LogP contribution >= 0.6 is 11.3 Å². The average Bonchev–Trinajstić information content (AvgIpc) is 2.87. The monoisotopic (exact) mass is 300 g/mol. The zero-order valence-corrected chi connectivity index (χ0v) is 11.6. The van der Waals surface area contributed by atoms with E-state index in [4.69, 9.17) is 0 Å². The molecule has 106 valence electrons. The number of rotatable bonds is 3. The van der Waals surface area contributed by atoms with E-state index in [9.17, 15) is 15.3 Å². The average molecular weight is 300 g/mol. The van der Waals surface area contributed by atoms with Crippen molar-refractivity contribution in [1.29, 1.82) is 0 Å². The van der Waals surface area contributed by atoms with E-state index in [2.05, 4.69) is 10.3 Å². The predicted molar refractivity (Wildman–Crippen MR) is 82.3 cm³/mol. The normalized spacial score (nSPS) is 10.5. The van der Waals surface area contributed by atoms with Crippen molar-refractivity contribution in [3.63, 3.8) is 0 Å². The van der Waals surface area contributed by atoms with E-state index < -0.39 is 0 Å². The van der Waals surface area contributed by atoms with Gasteiger partial charge < -0.3 is 20.6 Å². The van der Waals surface area contributed by atoms with Gasteiger partial charge in [-0.3, -0.25) is 0 Å². The molecule has 0 saturated heterocycles. The molecule has 0 aliphatic carbocycles. The molecule has 0 bridgehead atoms. The van der Waals surface area contributed by atoms with Gasteiger partial charge in [-0.25, -0.2) is 4.98 Å². The second kappa shape index (κ2) is 5.34. The van der Waals surface area contributed by atoms with Gasteiger partial charge in [-0.15, -0.1) is 11.3 Å². The maximum Gasteiger partial charge on any atom is 0.187 e. The minimum Gasteiger partial charge on any atom is -0.508 e. The molecule has 0 spiro atoms. The largest absolute Gasteiger partial charge is 0.508 e. The Kier molecular flexibility index (Phi) is 3.37. The molecule has 0 aliphatic heterocycles. The lowest BCUT2D eigenvalue weighted by molar-refractivity contribution is 0.452. The number of nitrogens with zero attached hydrogens (tertiary/aromatic N) is 1. The van der Waals surface area contributed by atoms with Crippen LogP contribution in [0.3, 0.4) is 0 Å². The molecule has 1 aromatic heterocycles. The minimum atomic E-state index is -0.0239. The third-order valence-corrected chi connectivity index (χ3v) is 3.62. The van der Waals surface area contributed by atoms with Crippen molar-refractivity contribution in [2.24, 2.45) is 0 Å². The number of anilines is 2. The summed E-state index contributed by atoms with van der Waals surface area (Å²) >= 11 is 1.38. The van der Waals surface area contributed by atoms with E-state index in [1.165, 1.54) is 23.5 Å². The van der Waals surface area contributed by atoms with Crippen molar-refractivity contribution in [2.45, 2.75) is 0 Å². The van der Waals surface area contributed by atoms with E-state index in [0.29, 0.717) is 16.4 Å². The number of aromatic nitrogens is 1. The first-order valence-corrected chi connectivity index (χ1v) is 7.04. The lowest BCUT2D eigenvalue weighted by Crippen LogP contribution is -1.89. The number of thiazole rings is 1. The van der Waals surface area contributed by atoms with Gasteiger partial charge >= 0.3 is 0 Å². The molecule has 0 fully saturated rings. The van der Waals surface area contributed by atoms with Crippen LogP contribution in [0.4, 0.5) is 10.8 Å². The summed E-state index contributed by atoms with van der Waals surface area (Å²) in [5.74, 6) is 0.154. The van der Waals surface area contributed by atoms with E-state index in [0.717, 1.165) is 5.69 Å². The fourth-order valence-corrected chi connectivity index (χ4v) is 2.63. The summed E-state index contributed by atoms with van der Waals surface area (Å²) in [5.41, 5.74) is 1.89. The topological polar surface area (TPSA) is 85.6 Å². The van der Waals surface area contributed by atoms with Crippen LogP contribution in [0.25, 0.3) is 11.3 Å². The summed E-state index contributed by atoms with van der Waals surface area (Å²) < 4.78 is 0. The molecule has 5 nitrogen and oxygen atoms in total. The molecule has 2 aromatic carbocycles. The number of benzene rings is 2. The third-order valence-electron chi connectivity index (χ3n) is 2.86. The smallest absolute Gasteiger partial charge is 0.187 e. The summed E-state index contributed by atoms with van der Waals surface area (Å²) in [6.07, 6.45) is 0. The highest BCUT2D eigenvalue weighted by Gasteiger charge is 2.10. The fraction of sp³-hybridized carbons (Fsp3) is 0. The van der Waals surface area contributed by atoms with Gasteiger partial charge in [0.05, 0.1) is 5.69 Å². The molecule has 1 heterocycles. The Bertz CT molecular complexity index is 786. The van der Waals surface area contributed by atoms with E-state index in [1.54, 1.807) is 29.6 Å². The number of phenolic OH excluding ortho intramolecular Hbond substituents is 3. The van der Waals surface area contributed by atoms with Gasteiger partial charge in [0.2, 0.25) is 0 Å². The highest BCUT2D eigenvalue weighted by atomic mass is 32.1. The Morgan fingerprint density at radius 2 is 1.76 bits per heavy atom. The van der Waals surface area contributed by atoms with Gasteiger partial charge in [0.1, 0.15) is 17.2 Å². The second-order valence-corrected chi connectivity index (χ2v) is 5.27. The molecule has 0 saturated carbocycles. The van der Waals surface area contributed by atoms with Crippen molar-refractivity contribution in [3.05, 3.63) is 47.8 Å². The lowest BCUT2D eigenvalue weighted by atomic mass is 10.1. The quantitative estimate of drug-likeness (QED) is 0.593. The van der Waals surface area contributed by atoms with Crippen LogP contribution < -0.4 is 5.32 Å². The number of nitrogens with one attached hydrogen (secondary N) is 1. The van der Waals surface area contributed by atoms with Crippen LogP contribution in [0.1, 0.15) is 0 Å². The first kappa shape index (κ1) is 13.3. The summed E-state index contributed by atoms with van der Waals surface area (Å²) in [7, 11) is 0. The Hall–Kier alpha value is -2.73. The summed E-state index contributed by atoms with van der Waals surface area (Å²) in [4.78, 5) is 4.38. The third kappa shape index (κ3) is 2.90. The summed E-state index contributed by atoms with van der Waals surface area (Å²) in [6, 6.07) is 11.1. The summed E-state index contributed by atoms with van der Waals surface area (Å²) in [5, 5.41) is 34.1. The molecule has 0 atom stereocenters. The maximum atomic E-state index is 9.83. The van der Waals surface area contributed by atoms with Crippen molar-refractivity contribution < 1.29 is 15.3 Å². The zero-order chi connectivity index (χ0) is 14.8. The molecular formula is C15H12N2O3S. The molecule has 0 aliphatic rings. The minimum absolute atomic E-state index is 0.00425. The van der Waals surface area contributed by atoms with E-state index >= 15 is 0 Å². The Labute approximate surface area is 124 Å². The highest BCUT2D eigenvalue weighted by Crippen LogP contribution is 2.34. The van der Waals surface area contributed by atoms with Gasteiger partial charge in [0.25, 0.3) is 0 Å². The SMILES string of the molecule is Oc1cccc(Nc2nc(-c3ccc(O)cc3O)cs2)c1. The van der Waals surface area contributed by atoms with Crippen LogP contribution in [0.5, 0.6) is 17.2 Å². The maximum absolute atomic E-state index is 9.83. The van der Waals surface area contributed by atoms with E-state index in [-0.39, 0.29) is 17.2 Å². The van der Waals surface area contributed by atoms with Gasteiger partial charge in [-0.05, 0) is 24.3 Å². The van der Waals surface area contributed by atoms with Crippen LogP contribution in [-0.2, 0) is 0 Å². The first-order chi connectivity index (χ1) is 10.1. The van der Waals surface area contributed by atoms with Gasteiger partial charge in [-0.1, -0.05) is 6.07 Å². The van der Waals surface area contributed by atoms with Crippen LogP contribution in [0, 0.1) is 0 Å². The molecule has 3 rings (SSSR count). The standard InChI is InChI=1S/C15H12N2O3S/c18-10-3-1-2-9(6-10)16-15-17-13(8-21-15)12-5-4-11(19)7-14(12)20/h1-8,18-20H,(H,16,17). The van der Waals surface area contributed by atoms with Gasteiger partial charge in [0, 0.05) is 28.8 Å². The van der Waals surface area contributed by atoms with Crippen LogP contribution in [-0.4, -0.2) is 20.3 Å². The van der Waals surface area contributed by atoms with Gasteiger partial charge in [-0.2, -0.15) is 0 Å². The van der Waals surface area contributed by atoms with Crippen molar-refractivity contribution in [2.75, 3.05) is 5.32 Å². The van der Waals surface area contributed by atoms with E-state index in [1.807, 2.05) is 6.07 Å².